The zero-order valence-electron chi connectivity index (χ0n) is 15.6. The van der Waals surface area contributed by atoms with Crippen molar-refractivity contribution in [2.75, 3.05) is 26.0 Å². The number of benzene rings is 2. The van der Waals surface area contributed by atoms with Gasteiger partial charge in [-0.3, -0.25) is 0 Å². The second-order valence-electron chi connectivity index (χ2n) is 6.93. The maximum Gasteiger partial charge on any atom is 0.222 e. The lowest BCUT2D eigenvalue weighted by Gasteiger charge is -2.11. The van der Waals surface area contributed by atoms with Crippen LogP contribution < -0.4 is 5.32 Å². The van der Waals surface area contributed by atoms with Crippen LogP contribution in [0.2, 0.25) is 0 Å². The fourth-order valence-electron chi connectivity index (χ4n) is 3.25. The first-order valence-corrected chi connectivity index (χ1v) is 9.02. The number of tetrazole rings is 1. The van der Waals surface area contributed by atoms with Crippen molar-refractivity contribution < 1.29 is 0 Å². The molecule has 0 aliphatic carbocycles. The van der Waals surface area contributed by atoms with Crippen molar-refractivity contribution in [1.82, 2.24) is 39.5 Å². The van der Waals surface area contributed by atoms with Gasteiger partial charge in [-0.1, -0.05) is 12.1 Å². The van der Waals surface area contributed by atoms with E-state index in [1.807, 2.05) is 42.7 Å². The SMILES string of the molecule is CN(C)CCn1cnc2cc(Nc3nc4ccccc4n4nnnc34)ccc21. The molecule has 5 rings (SSSR count). The topological polar surface area (TPSA) is 89.1 Å². The normalized spacial score (nSPS) is 11.8. The van der Waals surface area contributed by atoms with E-state index in [4.69, 9.17) is 4.98 Å². The Morgan fingerprint density at radius 2 is 1.93 bits per heavy atom. The second-order valence-corrected chi connectivity index (χ2v) is 6.93. The Kier molecular flexibility index (Phi) is 3.87. The van der Waals surface area contributed by atoms with E-state index in [0.29, 0.717) is 11.5 Å². The number of para-hydroxylation sites is 2. The van der Waals surface area contributed by atoms with Crippen LogP contribution in [-0.2, 0) is 6.54 Å². The molecule has 3 aromatic heterocycles. The molecule has 0 aliphatic rings. The first kappa shape index (κ1) is 16.6. The summed E-state index contributed by atoms with van der Waals surface area (Å²) in [7, 11) is 4.13. The van der Waals surface area contributed by atoms with Crippen molar-refractivity contribution in [3.05, 3.63) is 48.8 Å². The Labute approximate surface area is 160 Å². The van der Waals surface area contributed by atoms with Gasteiger partial charge in [0.15, 0.2) is 5.82 Å². The smallest absolute Gasteiger partial charge is 0.222 e. The number of nitrogens with zero attached hydrogens (tertiary/aromatic N) is 8. The lowest BCUT2D eigenvalue weighted by atomic mass is 10.2. The van der Waals surface area contributed by atoms with Crippen molar-refractivity contribution in [3.8, 4) is 0 Å². The Balaban J connectivity index is 1.52. The van der Waals surface area contributed by atoms with Crippen LogP contribution in [0.15, 0.2) is 48.8 Å². The number of hydrogen-bond donors (Lipinski definition) is 1. The second kappa shape index (κ2) is 6.54. The van der Waals surface area contributed by atoms with Gasteiger partial charge in [-0.2, -0.15) is 4.52 Å². The summed E-state index contributed by atoms with van der Waals surface area (Å²) in [6.45, 7) is 1.86. The summed E-state index contributed by atoms with van der Waals surface area (Å²) in [4.78, 5) is 11.4. The molecule has 0 spiro atoms. The first-order valence-electron chi connectivity index (χ1n) is 9.02. The number of nitrogens with one attached hydrogen (secondary N) is 1. The van der Waals surface area contributed by atoms with Crippen LogP contribution in [0.4, 0.5) is 11.5 Å². The Hall–Kier alpha value is -3.59. The third-order valence-electron chi connectivity index (χ3n) is 4.70. The molecule has 5 aromatic rings. The fraction of sp³-hybridized carbons (Fsp3) is 0.211. The number of anilines is 2. The number of rotatable bonds is 5. The van der Waals surface area contributed by atoms with Crippen LogP contribution in [-0.4, -0.2) is 60.1 Å². The van der Waals surface area contributed by atoms with Crippen molar-refractivity contribution in [2.45, 2.75) is 6.54 Å². The molecule has 140 valence electrons. The Bertz CT molecular complexity index is 1280. The van der Waals surface area contributed by atoms with Gasteiger partial charge in [0.2, 0.25) is 5.65 Å². The van der Waals surface area contributed by atoms with Gasteiger partial charge < -0.3 is 14.8 Å². The molecule has 1 N–H and O–H groups in total. The zero-order chi connectivity index (χ0) is 19.1. The average molecular weight is 373 g/mol. The molecule has 0 unspecified atom stereocenters. The quantitative estimate of drug-likeness (QED) is 0.506. The highest BCUT2D eigenvalue weighted by Crippen LogP contribution is 2.24. The molecule has 2 aromatic carbocycles. The largest absolute Gasteiger partial charge is 0.337 e. The summed E-state index contributed by atoms with van der Waals surface area (Å²) >= 11 is 0. The minimum absolute atomic E-state index is 0.579. The van der Waals surface area contributed by atoms with Crippen LogP contribution in [0, 0.1) is 0 Å². The summed E-state index contributed by atoms with van der Waals surface area (Å²) in [6.07, 6.45) is 1.88. The molecule has 9 heteroatoms. The van der Waals surface area contributed by atoms with E-state index in [1.54, 1.807) is 4.52 Å². The van der Waals surface area contributed by atoms with Gasteiger partial charge in [0.05, 0.1) is 28.4 Å². The minimum Gasteiger partial charge on any atom is -0.337 e. The van der Waals surface area contributed by atoms with E-state index in [1.165, 1.54) is 0 Å². The lowest BCUT2D eigenvalue weighted by molar-refractivity contribution is 0.386. The summed E-state index contributed by atoms with van der Waals surface area (Å²) in [5.41, 5.74) is 5.18. The Morgan fingerprint density at radius 1 is 1.04 bits per heavy atom. The average Bonchev–Trinajstić information content (AvgIpc) is 3.34. The Morgan fingerprint density at radius 3 is 2.82 bits per heavy atom. The van der Waals surface area contributed by atoms with E-state index in [2.05, 4.69) is 55.5 Å². The zero-order valence-corrected chi connectivity index (χ0v) is 15.6. The van der Waals surface area contributed by atoms with Crippen molar-refractivity contribution in [3.63, 3.8) is 0 Å². The van der Waals surface area contributed by atoms with Gasteiger partial charge in [0, 0.05) is 18.8 Å². The molecular formula is C19H19N9. The van der Waals surface area contributed by atoms with Crippen LogP contribution in [0.5, 0.6) is 0 Å². The monoisotopic (exact) mass is 373 g/mol. The van der Waals surface area contributed by atoms with Crippen molar-refractivity contribution >= 4 is 39.2 Å². The van der Waals surface area contributed by atoms with E-state index < -0.39 is 0 Å². The van der Waals surface area contributed by atoms with Crippen LogP contribution >= 0.6 is 0 Å². The third-order valence-corrected chi connectivity index (χ3v) is 4.70. The van der Waals surface area contributed by atoms with Crippen molar-refractivity contribution in [1.29, 1.82) is 0 Å². The highest BCUT2D eigenvalue weighted by atomic mass is 15.5. The standard InChI is InChI=1S/C19H19N9/c1-26(2)9-10-27-12-20-15-11-13(7-8-16(15)27)21-18-19-23-24-25-28(19)17-6-4-3-5-14(17)22-18/h3-8,11-12H,9-10H2,1-2H3,(H,21,22). The molecule has 0 amide bonds. The van der Waals surface area contributed by atoms with Crippen LogP contribution in [0.1, 0.15) is 0 Å². The summed E-state index contributed by atoms with van der Waals surface area (Å²) in [5, 5.41) is 15.4. The number of hydrogen-bond acceptors (Lipinski definition) is 7. The maximum absolute atomic E-state index is 4.70. The predicted octanol–water partition coefficient (Wildman–Crippen LogP) is 2.33. The highest BCUT2D eigenvalue weighted by molar-refractivity contribution is 5.85. The van der Waals surface area contributed by atoms with Gasteiger partial charge >= 0.3 is 0 Å². The van der Waals surface area contributed by atoms with E-state index >= 15 is 0 Å². The molecule has 0 bridgehead atoms. The predicted molar refractivity (Wildman–Crippen MR) is 108 cm³/mol. The molecule has 0 saturated carbocycles. The maximum atomic E-state index is 4.70. The molecule has 0 fully saturated rings. The molecule has 3 heterocycles. The molecule has 0 saturated heterocycles. The third kappa shape index (κ3) is 2.81. The summed E-state index contributed by atoms with van der Waals surface area (Å²) in [6, 6.07) is 13.9. The molecule has 28 heavy (non-hydrogen) atoms. The summed E-state index contributed by atoms with van der Waals surface area (Å²) in [5.74, 6) is 0.607. The molecule has 0 radical (unpaired) electrons. The van der Waals surface area contributed by atoms with Gasteiger partial charge in [-0.05, 0) is 54.9 Å². The van der Waals surface area contributed by atoms with Gasteiger partial charge in [0.25, 0.3) is 0 Å². The lowest BCUT2D eigenvalue weighted by Crippen LogP contribution is -2.17. The van der Waals surface area contributed by atoms with E-state index in [9.17, 15) is 0 Å². The van der Waals surface area contributed by atoms with Gasteiger partial charge in [0.1, 0.15) is 0 Å². The molecular weight excluding hydrogens is 354 g/mol. The summed E-state index contributed by atoms with van der Waals surface area (Å²) < 4.78 is 3.85. The van der Waals surface area contributed by atoms with Crippen LogP contribution in [0.3, 0.4) is 0 Å². The van der Waals surface area contributed by atoms with Gasteiger partial charge in [-0.25, -0.2) is 9.97 Å². The van der Waals surface area contributed by atoms with E-state index in [-0.39, 0.29) is 0 Å². The van der Waals surface area contributed by atoms with Gasteiger partial charge in [-0.15, -0.1) is 5.10 Å². The fourth-order valence-corrected chi connectivity index (χ4v) is 3.25. The van der Waals surface area contributed by atoms with E-state index in [0.717, 1.165) is 40.8 Å². The molecule has 9 nitrogen and oxygen atoms in total. The van der Waals surface area contributed by atoms with Crippen molar-refractivity contribution in [2.24, 2.45) is 0 Å². The highest BCUT2D eigenvalue weighted by Gasteiger charge is 2.12. The number of aromatic nitrogens is 7. The minimum atomic E-state index is 0.579. The first-order chi connectivity index (χ1) is 13.7. The van der Waals surface area contributed by atoms with Crippen LogP contribution in [0.25, 0.3) is 27.7 Å². The number of fused-ring (bicyclic) bond motifs is 4. The number of imidazole rings is 1. The molecule has 0 atom stereocenters. The number of likely N-dealkylation sites (N-methyl/N-ethyl adjacent to an activating group) is 1. The molecule has 0 aliphatic heterocycles.